The minimum absolute atomic E-state index is 0.0595. The summed E-state index contributed by atoms with van der Waals surface area (Å²) in [4.78, 5) is 4.54. The van der Waals surface area contributed by atoms with E-state index in [1.807, 2.05) is 17.7 Å². The molecule has 0 bridgehead atoms. The zero-order valence-corrected chi connectivity index (χ0v) is 16.8. The van der Waals surface area contributed by atoms with Crippen molar-refractivity contribution in [2.75, 3.05) is 0 Å². The van der Waals surface area contributed by atoms with Gasteiger partial charge in [0.05, 0.1) is 27.6 Å². The third kappa shape index (κ3) is 3.98. The van der Waals surface area contributed by atoms with Gasteiger partial charge in [-0.2, -0.15) is 0 Å². The van der Waals surface area contributed by atoms with Crippen LogP contribution in [0.25, 0.3) is 10.9 Å². The number of fused-ring (bicyclic) bond motifs is 1. The summed E-state index contributed by atoms with van der Waals surface area (Å²) >= 11 is 3.34. The number of phenols is 1. The van der Waals surface area contributed by atoms with Crippen LogP contribution in [0.3, 0.4) is 0 Å². The van der Waals surface area contributed by atoms with Crippen molar-refractivity contribution in [1.82, 2.24) is 4.57 Å². The minimum Gasteiger partial charge on any atom is -0.506 e. The van der Waals surface area contributed by atoms with Crippen LogP contribution >= 0.6 is 15.9 Å². The molecule has 0 aliphatic carbocycles. The number of hydrogen-bond donors (Lipinski definition) is 3. The van der Waals surface area contributed by atoms with Crippen molar-refractivity contribution in [2.24, 2.45) is 23.5 Å². The van der Waals surface area contributed by atoms with Gasteiger partial charge in [0, 0.05) is 34.1 Å². The Morgan fingerprint density at radius 2 is 1.96 bits per heavy atom. The molecule has 0 aliphatic rings. The van der Waals surface area contributed by atoms with Crippen molar-refractivity contribution < 1.29 is 13.7 Å². The summed E-state index contributed by atoms with van der Waals surface area (Å²) in [7, 11) is 0.517. The minimum atomic E-state index is -1.34. The molecule has 0 spiro atoms. The molecule has 1 heterocycles. The van der Waals surface area contributed by atoms with Crippen molar-refractivity contribution in [2.45, 2.75) is 17.2 Å². The van der Waals surface area contributed by atoms with E-state index in [9.17, 15) is 13.7 Å². The summed E-state index contributed by atoms with van der Waals surface area (Å²) < 4.78 is 28.1. The molecule has 1 aromatic heterocycles. The standard InChI is InChI=1S/C18H18BrFN4O2S/c1-24-11(9-27(26)12-4-2-10(20)3-5-12)6-13-14(8-23-18(21)22)17(25)15(19)7-16(13)24/h2-7,25H,8-9H2,1H3,(H4,21,22,23). The Balaban J connectivity index is 2.03. The average molecular weight is 453 g/mol. The maximum atomic E-state index is 13.1. The van der Waals surface area contributed by atoms with E-state index in [2.05, 4.69) is 20.9 Å². The second kappa shape index (κ2) is 7.69. The molecule has 1 atom stereocenters. The fourth-order valence-electron chi connectivity index (χ4n) is 2.82. The van der Waals surface area contributed by atoms with Gasteiger partial charge in [0.2, 0.25) is 0 Å². The number of aliphatic imine (C=N–C) groups is 1. The van der Waals surface area contributed by atoms with Crippen LogP contribution in [0.4, 0.5) is 4.39 Å². The van der Waals surface area contributed by atoms with Crippen LogP contribution in [0.1, 0.15) is 11.3 Å². The summed E-state index contributed by atoms with van der Waals surface area (Å²) in [6.07, 6.45) is 0. The summed E-state index contributed by atoms with van der Waals surface area (Å²) in [6, 6.07) is 9.25. The second-order valence-corrected chi connectivity index (χ2v) is 8.30. The van der Waals surface area contributed by atoms with Crippen LogP contribution < -0.4 is 11.5 Å². The predicted molar refractivity (Wildman–Crippen MR) is 108 cm³/mol. The van der Waals surface area contributed by atoms with Gasteiger partial charge < -0.3 is 21.1 Å². The molecule has 5 N–H and O–H groups in total. The molecular formula is C18H18BrFN4O2S. The van der Waals surface area contributed by atoms with E-state index in [0.717, 1.165) is 16.6 Å². The maximum absolute atomic E-state index is 13.1. The highest BCUT2D eigenvalue weighted by Gasteiger charge is 2.17. The topological polar surface area (TPSA) is 107 Å². The Bertz CT molecular complexity index is 1060. The average Bonchev–Trinajstić information content (AvgIpc) is 2.91. The van der Waals surface area contributed by atoms with Gasteiger partial charge in [0.1, 0.15) is 11.6 Å². The van der Waals surface area contributed by atoms with Gasteiger partial charge in [-0.1, -0.05) is 0 Å². The Morgan fingerprint density at radius 1 is 1.30 bits per heavy atom. The zero-order chi connectivity index (χ0) is 19.7. The highest BCUT2D eigenvalue weighted by Crippen LogP contribution is 2.37. The second-order valence-electron chi connectivity index (χ2n) is 6.00. The number of aromatic hydroxyl groups is 1. The van der Waals surface area contributed by atoms with Crippen LogP contribution in [0.2, 0.25) is 0 Å². The van der Waals surface area contributed by atoms with Gasteiger partial charge >= 0.3 is 0 Å². The van der Waals surface area contributed by atoms with Crippen LogP contribution in [0.15, 0.2) is 50.8 Å². The Labute approximate surface area is 166 Å². The first-order chi connectivity index (χ1) is 12.8. The third-order valence-corrected chi connectivity index (χ3v) is 6.22. The number of halogens is 2. The lowest BCUT2D eigenvalue weighted by molar-refractivity contribution is 0.466. The van der Waals surface area contributed by atoms with Crippen LogP contribution in [0.5, 0.6) is 5.75 Å². The van der Waals surface area contributed by atoms with E-state index in [-0.39, 0.29) is 29.8 Å². The number of hydrogen-bond acceptors (Lipinski definition) is 3. The molecule has 0 saturated heterocycles. The van der Waals surface area contributed by atoms with E-state index in [1.54, 1.807) is 6.07 Å². The normalized spacial score (nSPS) is 12.3. The molecule has 142 valence electrons. The Morgan fingerprint density at radius 3 is 2.59 bits per heavy atom. The molecule has 2 aromatic carbocycles. The van der Waals surface area contributed by atoms with Crippen molar-refractivity contribution in [3.8, 4) is 5.75 Å². The molecule has 9 heteroatoms. The molecule has 1 unspecified atom stereocenters. The Hall–Kier alpha value is -2.39. The lowest BCUT2D eigenvalue weighted by Gasteiger charge is -2.08. The fourth-order valence-corrected chi connectivity index (χ4v) is 4.43. The van der Waals surface area contributed by atoms with Gasteiger partial charge in [-0.3, -0.25) is 4.21 Å². The maximum Gasteiger partial charge on any atom is 0.186 e. The zero-order valence-electron chi connectivity index (χ0n) is 14.4. The molecule has 27 heavy (non-hydrogen) atoms. The summed E-state index contributed by atoms with van der Waals surface area (Å²) in [5.41, 5.74) is 13.0. The fraction of sp³-hybridized carbons (Fsp3) is 0.167. The van der Waals surface area contributed by atoms with Crippen molar-refractivity contribution in [1.29, 1.82) is 0 Å². The lowest BCUT2D eigenvalue weighted by atomic mass is 10.1. The molecule has 0 radical (unpaired) electrons. The van der Waals surface area contributed by atoms with Crippen LogP contribution in [0, 0.1) is 5.82 Å². The van der Waals surface area contributed by atoms with Gasteiger partial charge in [-0.15, -0.1) is 0 Å². The summed E-state index contributed by atoms with van der Waals surface area (Å²) in [5.74, 6) is -0.137. The van der Waals surface area contributed by atoms with E-state index >= 15 is 0 Å². The number of nitrogens with zero attached hydrogens (tertiary/aromatic N) is 2. The largest absolute Gasteiger partial charge is 0.506 e. The van der Waals surface area contributed by atoms with Crippen LogP contribution in [-0.2, 0) is 30.1 Å². The SMILES string of the molecule is Cn1c(CS(=O)c2ccc(F)cc2)cc2c(CN=C(N)N)c(O)c(Br)cc21. The first-order valence-corrected chi connectivity index (χ1v) is 10.1. The molecular weight excluding hydrogens is 435 g/mol. The molecule has 0 saturated carbocycles. The lowest BCUT2D eigenvalue weighted by Crippen LogP contribution is -2.22. The van der Waals surface area contributed by atoms with E-state index in [0.29, 0.717) is 14.9 Å². The molecule has 6 nitrogen and oxygen atoms in total. The Kier molecular flexibility index (Phi) is 5.52. The van der Waals surface area contributed by atoms with E-state index in [1.165, 1.54) is 24.3 Å². The predicted octanol–water partition coefficient (Wildman–Crippen LogP) is 2.87. The quantitative estimate of drug-likeness (QED) is 0.408. The third-order valence-electron chi connectivity index (χ3n) is 4.25. The van der Waals surface area contributed by atoms with E-state index in [4.69, 9.17) is 11.5 Å². The van der Waals surface area contributed by atoms with Crippen molar-refractivity contribution in [3.05, 3.63) is 57.9 Å². The van der Waals surface area contributed by atoms with Gasteiger partial charge in [-0.25, -0.2) is 9.38 Å². The number of nitrogens with two attached hydrogens (primary N) is 2. The molecule has 3 rings (SSSR count). The molecule has 3 aromatic rings. The molecule has 0 aliphatic heterocycles. The number of phenolic OH excluding ortho intramolecular Hbond substituents is 1. The van der Waals surface area contributed by atoms with Gasteiger partial charge in [-0.05, 0) is 52.3 Å². The number of aromatic nitrogens is 1. The summed E-state index contributed by atoms with van der Waals surface area (Å²) in [5, 5.41) is 11.2. The number of rotatable bonds is 5. The van der Waals surface area contributed by atoms with Crippen molar-refractivity contribution >= 4 is 43.6 Å². The highest BCUT2D eigenvalue weighted by molar-refractivity contribution is 9.10. The van der Waals surface area contributed by atoms with Gasteiger partial charge in [0.25, 0.3) is 0 Å². The summed E-state index contributed by atoms with van der Waals surface area (Å²) in [6.45, 7) is 0.120. The monoisotopic (exact) mass is 452 g/mol. The van der Waals surface area contributed by atoms with E-state index < -0.39 is 10.8 Å². The first kappa shape index (κ1) is 19.4. The smallest absolute Gasteiger partial charge is 0.186 e. The number of aryl methyl sites for hydroxylation is 1. The van der Waals surface area contributed by atoms with Crippen molar-refractivity contribution in [3.63, 3.8) is 0 Å². The van der Waals surface area contributed by atoms with Crippen LogP contribution in [-0.4, -0.2) is 19.8 Å². The molecule has 0 fully saturated rings. The number of guanidine groups is 1. The first-order valence-electron chi connectivity index (χ1n) is 7.96. The number of benzene rings is 2. The van der Waals surface area contributed by atoms with Gasteiger partial charge in [0.15, 0.2) is 5.96 Å². The molecule has 0 amide bonds. The highest BCUT2D eigenvalue weighted by atomic mass is 79.9.